The van der Waals surface area contributed by atoms with Crippen molar-refractivity contribution in [1.82, 2.24) is 9.21 Å². The topological polar surface area (TPSA) is 71.5 Å². The van der Waals surface area contributed by atoms with E-state index in [9.17, 15) is 9.90 Å². The Bertz CT molecular complexity index is 1220. The summed E-state index contributed by atoms with van der Waals surface area (Å²) in [5.74, 6) is 2.27. The van der Waals surface area contributed by atoms with Crippen LogP contribution in [0.15, 0.2) is 88.6 Å². The zero-order valence-electron chi connectivity index (χ0n) is 22.4. The lowest BCUT2D eigenvalue weighted by Gasteiger charge is -2.35. The molecule has 8 heteroatoms. The van der Waals surface area contributed by atoms with Crippen LogP contribution in [0.3, 0.4) is 0 Å². The number of aliphatic carboxylic acids is 1. The molecule has 0 amide bonds. The quantitative estimate of drug-likeness (QED) is 0.347. The Hall–Kier alpha value is -3.20. The molecule has 1 aliphatic carbocycles. The van der Waals surface area contributed by atoms with Gasteiger partial charge in [0, 0.05) is 24.4 Å². The molecule has 1 N–H and O–H groups in total. The summed E-state index contributed by atoms with van der Waals surface area (Å²) in [5.41, 5.74) is 1.95. The minimum atomic E-state index is -0.846. The first-order valence-corrected chi connectivity index (χ1v) is 14.4. The minimum absolute atomic E-state index is 0.653. The van der Waals surface area contributed by atoms with E-state index < -0.39 is 12.0 Å². The second-order valence-electron chi connectivity index (χ2n) is 9.91. The van der Waals surface area contributed by atoms with Gasteiger partial charge in [0.1, 0.15) is 29.9 Å². The SMILES string of the molecule is COc1ccc(Oc2ccc(SN3CCC4=CCC(OCCN5CCCCC5)=CC=C4C3C(=O)O)cc2)cc1. The fourth-order valence-electron chi connectivity index (χ4n) is 5.16. The molecule has 0 aromatic heterocycles. The van der Waals surface area contributed by atoms with E-state index in [2.05, 4.69) is 11.0 Å². The summed E-state index contributed by atoms with van der Waals surface area (Å²) >= 11 is 1.47. The van der Waals surface area contributed by atoms with Crippen molar-refractivity contribution in [3.63, 3.8) is 0 Å². The molecule has 2 fully saturated rings. The predicted octanol–water partition coefficient (Wildman–Crippen LogP) is 6.30. The van der Waals surface area contributed by atoms with E-state index in [1.165, 1.54) is 31.2 Å². The third-order valence-electron chi connectivity index (χ3n) is 7.27. The largest absolute Gasteiger partial charge is 0.497 e. The fraction of sp³-hybridized carbons (Fsp3) is 0.387. The van der Waals surface area contributed by atoms with Crippen molar-refractivity contribution in [3.8, 4) is 17.2 Å². The lowest BCUT2D eigenvalue weighted by molar-refractivity contribution is -0.140. The molecule has 7 nitrogen and oxygen atoms in total. The molecule has 0 saturated carbocycles. The van der Waals surface area contributed by atoms with Crippen molar-refractivity contribution in [2.45, 2.75) is 43.0 Å². The van der Waals surface area contributed by atoms with E-state index in [1.807, 2.05) is 65.0 Å². The first-order chi connectivity index (χ1) is 19.1. The average Bonchev–Trinajstić information content (AvgIpc) is 3.17. The van der Waals surface area contributed by atoms with Crippen LogP contribution in [0, 0.1) is 0 Å². The summed E-state index contributed by atoms with van der Waals surface area (Å²) in [6.45, 7) is 4.57. The van der Waals surface area contributed by atoms with Crippen molar-refractivity contribution in [2.75, 3.05) is 39.9 Å². The Kier molecular flexibility index (Phi) is 9.29. The summed E-state index contributed by atoms with van der Waals surface area (Å²) in [6.07, 6.45) is 11.4. The number of benzene rings is 2. The van der Waals surface area contributed by atoms with Crippen molar-refractivity contribution in [1.29, 1.82) is 0 Å². The second-order valence-corrected chi connectivity index (χ2v) is 11.0. The van der Waals surface area contributed by atoms with Gasteiger partial charge in [0.15, 0.2) is 0 Å². The summed E-state index contributed by atoms with van der Waals surface area (Å²) in [7, 11) is 1.63. The van der Waals surface area contributed by atoms with E-state index in [1.54, 1.807) is 7.11 Å². The highest BCUT2D eigenvalue weighted by atomic mass is 32.2. The van der Waals surface area contributed by atoms with Gasteiger partial charge in [-0.15, -0.1) is 0 Å². The van der Waals surface area contributed by atoms with Gasteiger partial charge >= 0.3 is 5.97 Å². The summed E-state index contributed by atoms with van der Waals surface area (Å²) in [4.78, 5) is 15.9. The van der Waals surface area contributed by atoms with Crippen LogP contribution in [0.4, 0.5) is 0 Å². The Morgan fingerprint density at radius 2 is 1.64 bits per heavy atom. The van der Waals surface area contributed by atoms with Gasteiger partial charge in [-0.1, -0.05) is 18.6 Å². The van der Waals surface area contributed by atoms with Crippen molar-refractivity contribution >= 4 is 17.9 Å². The molecule has 2 aliphatic heterocycles. The number of nitrogens with zero attached hydrogens (tertiary/aromatic N) is 2. The number of rotatable bonds is 10. The monoisotopic (exact) mass is 548 g/mol. The van der Waals surface area contributed by atoms with Gasteiger partial charge in [-0.3, -0.25) is 9.69 Å². The number of carboxylic acid groups (broad SMARTS) is 1. The summed E-state index contributed by atoms with van der Waals surface area (Å²) < 4.78 is 19.2. The van der Waals surface area contributed by atoms with E-state index in [4.69, 9.17) is 14.2 Å². The zero-order chi connectivity index (χ0) is 27.0. The number of allylic oxidation sites excluding steroid dienone is 3. The van der Waals surface area contributed by atoms with E-state index >= 15 is 0 Å². The number of piperidine rings is 2. The van der Waals surface area contributed by atoms with Crippen molar-refractivity contribution in [2.24, 2.45) is 0 Å². The molecule has 5 rings (SSSR count). The van der Waals surface area contributed by atoms with Gasteiger partial charge in [0.05, 0.1) is 12.9 Å². The van der Waals surface area contributed by atoms with Crippen LogP contribution in [0.5, 0.6) is 17.2 Å². The van der Waals surface area contributed by atoms with Crippen molar-refractivity contribution in [3.05, 3.63) is 83.7 Å². The molecule has 2 heterocycles. The maximum Gasteiger partial charge on any atom is 0.326 e. The number of ether oxygens (including phenoxy) is 3. The number of hydrogen-bond donors (Lipinski definition) is 1. The molecule has 39 heavy (non-hydrogen) atoms. The maximum absolute atomic E-state index is 12.4. The smallest absolute Gasteiger partial charge is 0.326 e. The molecule has 2 aromatic carbocycles. The van der Waals surface area contributed by atoms with Crippen LogP contribution < -0.4 is 9.47 Å². The average molecular weight is 549 g/mol. The lowest BCUT2D eigenvalue weighted by atomic mass is 9.91. The van der Waals surface area contributed by atoms with Gasteiger partial charge in [0.25, 0.3) is 0 Å². The zero-order valence-corrected chi connectivity index (χ0v) is 23.2. The number of likely N-dealkylation sites (tertiary alicyclic amines) is 1. The van der Waals surface area contributed by atoms with Crippen LogP contribution >= 0.6 is 11.9 Å². The number of hydrogen-bond acceptors (Lipinski definition) is 7. The molecule has 0 radical (unpaired) electrons. The Morgan fingerprint density at radius 1 is 0.949 bits per heavy atom. The third-order valence-corrected chi connectivity index (χ3v) is 8.38. The van der Waals surface area contributed by atoms with Gasteiger partial charge in [0.2, 0.25) is 0 Å². The van der Waals surface area contributed by atoms with Gasteiger partial charge in [-0.25, -0.2) is 4.31 Å². The predicted molar refractivity (Wildman–Crippen MR) is 153 cm³/mol. The first kappa shape index (κ1) is 27.4. The number of methoxy groups -OCH3 is 1. The highest BCUT2D eigenvalue weighted by molar-refractivity contribution is 7.97. The summed E-state index contributed by atoms with van der Waals surface area (Å²) in [5, 5.41) is 10.2. The molecule has 2 aromatic rings. The molecular formula is C31H36N2O5S. The summed E-state index contributed by atoms with van der Waals surface area (Å²) in [6, 6.07) is 14.4. The second kappa shape index (κ2) is 13.2. The molecule has 3 aliphatic rings. The molecular weight excluding hydrogens is 512 g/mol. The molecule has 1 atom stereocenters. The number of carbonyl (C=O) groups is 1. The fourth-order valence-corrected chi connectivity index (χ4v) is 6.18. The third kappa shape index (κ3) is 7.26. The maximum atomic E-state index is 12.4. The molecule has 2 saturated heterocycles. The Balaban J connectivity index is 1.21. The molecule has 1 unspecified atom stereocenters. The molecule has 0 spiro atoms. The first-order valence-electron chi connectivity index (χ1n) is 13.6. The molecule has 206 valence electrons. The van der Waals surface area contributed by atoms with Gasteiger partial charge in [-0.05, 0) is 110 Å². The van der Waals surface area contributed by atoms with E-state index in [0.717, 1.165) is 59.4 Å². The van der Waals surface area contributed by atoms with Crippen LogP contribution in [-0.4, -0.2) is 66.2 Å². The number of carboxylic acids is 1. The Morgan fingerprint density at radius 3 is 2.33 bits per heavy atom. The lowest BCUT2D eigenvalue weighted by Crippen LogP contribution is -2.42. The Labute approximate surface area is 234 Å². The van der Waals surface area contributed by atoms with Crippen LogP contribution in [0.1, 0.15) is 32.1 Å². The highest BCUT2D eigenvalue weighted by Crippen LogP contribution is 2.38. The molecule has 0 bridgehead atoms. The van der Waals surface area contributed by atoms with Crippen LogP contribution in [-0.2, 0) is 9.53 Å². The van der Waals surface area contributed by atoms with Gasteiger partial charge < -0.3 is 19.3 Å². The van der Waals surface area contributed by atoms with E-state index in [-0.39, 0.29) is 0 Å². The van der Waals surface area contributed by atoms with Crippen LogP contribution in [0.2, 0.25) is 0 Å². The minimum Gasteiger partial charge on any atom is -0.497 e. The normalized spacial score (nSPS) is 20.1. The number of fused-ring (bicyclic) bond motifs is 1. The van der Waals surface area contributed by atoms with Crippen molar-refractivity contribution < 1.29 is 24.1 Å². The standard InChI is InChI=1S/C31H36N2O5S/c1-36-24-7-9-26(10-8-24)38-27-11-14-28(15-12-27)39-33-20-17-23-5-6-25(13-16-29(23)30(33)31(34)35)37-22-21-32-18-3-2-4-19-32/h5,7-16,30H,2-4,6,17-22H2,1H3,(H,34,35). The van der Waals surface area contributed by atoms with Crippen LogP contribution in [0.25, 0.3) is 0 Å². The van der Waals surface area contributed by atoms with Gasteiger partial charge in [-0.2, -0.15) is 0 Å². The van der Waals surface area contributed by atoms with E-state index in [0.29, 0.717) is 25.3 Å². The highest BCUT2D eigenvalue weighted by Gasteiger charge is 2.36.